The fourth-order valence-corrected chi connectivity index (χ4v) is 2.11. The van der Waals surface area contributed by atoms with E-state index in [0.29, 0.717) is 41.9 Å². The Balaban J connectivity index is 2.26. The molecule has 0 aliphatic carbocycles. The zero-order chi connectivity index (χ0) is 15.0. The van der Waals surface area contributed by atoms with Gasteiger partial charge in [0.05, 0.1) is 23.7 Å². The summed E-state index contributed by atoms with van der Waals surface area (Å²) in [5, 5.41) is 3.18. The van der Waals surface area contributed by atoms with Crippen molar-refractivity contribution in [1.29, 1.82) is 0 Å². The summed E-state index contributed by atoms with van der Waals surface area (Å²) in [6.07, 6.45) is 2.62. The van der Waals surface area contributed by atoms with Gasteiger partial charge in [0.1, 0.15) is 0 Å². The van der Waals surface area contributed by atoms with Crippen molar-refractivity contribution in [3.05, 3.63) is 23.2 Å². The Kier molecular flexibility index (Phi) is 7.41. The van der Waals surface area contributed by atoms with Crippen LogP contribution in [0, 0.1) is 5.92 Å². The van der Waals surface area contributed by atoms with Crippen molar-refractivity contribution in [1.82, 2.24) is 0 Å². The molecular weight excluding hydrogens is 276 g/mol. The highest BCUT2D eigenvalue weighted by atomic mass is 35.5. The number of benzene rings is 1. The molecule has 0 bridgehead atoms. The molecule has 0 aliphatic rings. The van der Waals surface area contributed by atoms with Crippen LogP contribution in [-0.2, 0) is 9.53 Å². The Hall–Kier alpha value is -1.26. The predicted molar refractivity (Wildman–Crippen MR) is 84.0 cm³/mol. The molecule has 5 heteroatoms. The van der Waals surface area contributed by atoms with Crippen LogP contribution in [0.3, 0.4) is 0 Å². The van der Waals surface area contributed by atoms with Crippen molar-refractivity contribution >= 4 is 28.9 Å². The lowest BCUT2D eigenvalue weighted by Crippen LogP contribution is -2.16. The summed E-state index contributed by atoms with van der Waals surface area (Å²) < 4.78 is 5.49. The van der Waals surface area contributed by atoms with Crippen LogP contribution in [0.4, 0.5) is 11.4 Å². The SMILES string of the molecule is CCCC(C)COCCC(=O)Nc1ccc(N)cc1Cl. The highest BCUT2D eigenvalue weighted by Gasteiger charge is 2.07. The van der Waals surface area contributed by atoms with Crippen molar-refractivity contribution in [2.24, 2.45) is 5.92 Å². The summed E-state index contributed by atoms with van der Waals surface area (Å²) in [4.78, 5) is 11.7. The van der Waals surface area contributed by atoms with Gasteiger partial charge in [-0.15, -0.1) is 0 Å². The lowest BCUT2D eigenvalue weighted by atomic mass is 10.1. The summed E-state index contributed by atoms with van der Waals surface area (Å²) in [5.41, 5.74) is 6.74. The van der Waals surface area contributed by atoms with Crippen LogP contribution in [-0.4, -0.2) is 19.1 Å². The second-order valence-electron chi connectivity index (χ2n) is 5.01. The molecule has 3 N–H and O–H groups in total. The maximum absolute atomic E-state index is 11.7. The second kappa shape index (κ2) is 8.82. The molecule has 0 fully saturated rings. The maximum atomic E-state index is 11.7. The van der Waals surface area contributed by atoms with Gasteiger partial charge in [-0.2, -0.15) is 0 Å². The first-order valence-electron chi connectivity index (χ1n) is 6.95. The molecule has 1 aromatic rings. The van der Waals surface area contributed by atoms with Crippen molar-refractivity contribution in [2.75, 3.05) is 24.3 Å². The zero-order valence-electron chi connectivity index (χ0n) is 12.1. The summed E-state index contributed by atoms with van der Waals surface area (Å²) >= 11 is 5.99. The first-order valence-corrected chi connectivity index (χ1v) is 7.33. The molecule has 1 aromatic carbocycles. The molecule has 4 nitrogen and oxygen atoms in total. The van der Waals surface area contributed by atoms with Crippen LogP contribution in [0.1, 0.15) is 33.1 Å². The van der Waals surface area contributed by atoms with Crippen molar-refractivity contribution < 1.29 is 9.53 Å². The van der Waals surface area contributed by atoms with Crippen LogP contribution >= 0.6 is 11.6 Å². The second-order valence-corrected chi connectivity index (χ2v) is 5.41. The number of anilines is 2. The Morgan fingerprint density at radius 3 is 2.90 bits per heavy atom. The zero-order valence-corrected chi connectivity index (χ0v) is 12.9. The van der Waals surface area contributed by atoms with E-state index in [-0.39, 0.29) is 5.91 Å². The lowest BCUT2D eigenvalue weighted by Gasteiger charge is -2.11. The molecule has 0 radical (unpaired) electrons. The van der Waals surface area contributed by atoms with Crippen LogP contribution in [0.2, 0.25) is 5.02 Å². The number of nitrogens with two attached hydrogens (primary N) is 1. The minimum Gasteiger partial charge on any atom is -0.399 e. The van der Waals surface area contributed by atoms with Crippen LogP contribution in [0.15, 0.2) is 18.2 Å². The first kappa shape index (κ1) is 16.8. The molecule has 20 heavy (non-hydrogen) atoms. The normalized spacial score (nSPS) is 12.2. The van der Waals surface area contributed by atoms with Gasteiger partial charge in [-0.3, -0.25) is 4.79 Å². The smallest absolute Gasteiger partial charge is 0.226 e. The van der Waals surface area contributed by atoms with Crippen LogP contribution in [0.5, 0.6) is 0 Å². The standard InChI is InChI=1S/C15H23ClN2O2/c1-3-4-11(2)10-20-8-7-15(19)18-14-6-5-12(17)9-13(14)16/h5-6,9,11H,3-4,7-8,10,17H2,1-2H3,(H,18,19). The van der Waals surface area contributed by atoms with E-state index >= 15 is 0 Å². The van der Waals surface area contributed by atoms with Crippen molar-refractivity contribution in [3.8, 4) is 0 Å². The number of rotatable bonds is 8. The van der Waals surface area contributed by atoms with Gasteiger partial charge in [0.25, 0.3) is 0 Å². The Morgan fingerprint density at radius 2 is 2.25 bits per heavy atom. The van der Waals surface area contributed by atoms with E-state index in [0.717, 1.165) is 12.8 Å². The topological polar surface area (TPSA) is 64.3 Å². The summed E-state index contributed by atoms with van der Waals surface area (Å²) in [6, 6.07) is 5.00. The molecular formula is C15H23ClN2O2. The molecule has 0 aliphatic heterocycles. The van der Waals surface area contributed by atoms with E-state index in [1.807, 2.05) is 0 Å². The highest BCUT2D eigenvalue weighted by molar-refractivity contribution is 6.34. The van der Waals surface area contributed by atoms with Gasteiger partial charge in [0.2, 0.25) is 5.91 Å². The summed E-state index contributed by atoms with van der Waals surface area (Å²) in [6.45, 7) is 5.42. The quantitative estimate of drug-likeness (QED) is 0.568. The molecule has 112 valence electrons. The molecule has 1 atom stereocenters. The number of nitrogen functional groups attached to an aromatic ring is 1. The number of halogens is 1. The van der Waals surface area contributed by atoms with Crippen molar-refractivity contribution in [2.45, 2.75) is 33.1 Å². The highest BCUT2D eigenvalue weighted by Crippen LogP contribution is 2.24. The number of hydrogen-bond donors (Lipinski definition) is 2. The van der Waals surface area contributed by atoms with E-state index in [1.54, 1.807) is 18.2 Å². The van der Waals surface area contributed by atoms with Gasteiger partial charge in [0.15, 0.2) is 0 Å². The largest absolute Gasteiger partial charge is 0.399 e. The Labute approximate surface area is 125 Å². The molecule has 1 unspecified atom stereocenters. The fraction of sp³-hybridized carbons (Fsp3) is 0.533. The van der Waals surface area contributed by atoms with E-state index in [1.165, 1.54) is 0 Å². The van der Waals surface area contributed by atoms with Gasteiger partial charge in [-0.25, -0.2) is 0 Å². The first-order chi connectivity index (χ1) is 9.52. The number of amides is 1. The number of carbonyl (C=O) groups excluding carboxylic acids is 1. The number of hydrogen-bond acceptors (Lipinski definition) is 3. The van der Waals surface area contributed by atoms with Gasteiger partial charge in [-0.1, -0.05) is 31.9 Å². The van der Waals surface area contributed by atoms with Gasteiger partial charge in [0, 0.05) is 12.3 Å². The maximum Gasteiger partial charge on any atom is 0.226 e. The van der Waals surface area contributed by atoms with Crippen LogP contribution in [0.25, 0.3) is 0 Å². The third-order valence-corrected chi connectivity index (χ3v) is 3.24. The average molecular weight is 299 g/mol. The average Bonchev–Trinajstić information content (AvgIpc) is 2.38. The Bertz CT molecular complexity index is 438. The molecule has 0 spiro atoms. The monoisotopic (exact) mass is 298 g/mol. The van der Waals surface area contributed by atoms with Gasteiger partial charge in [-0.05, 0) is 30.5 Å². The molecule has 0 saturated heterocycles. The molecule has 0 aromatic heterocycles. The minimum atomic E-state index is -0.111. The fourth-order valence-electron chi connectivity index (χ4n) is 1.87. The molecule has 1 rings (SSSR count). The number of carbonyl (C=O) groups is 1. The van der Waals surface area contributed by atoms with Crippen LogP contribution < -0.4 is 11.1 Å². The number of nitrogens with one attached hydrogen (secondary N) is 1. The van der Waals surface area contributed by atoms with E-state index in [2.05, 4.69) is 19.2 Å². The predicted octanol–water partition coefficient (Wildman–Crippen LogP) is 3.70. The minimum absolute atomic E-state index is 0.111. The van der Waals surface area contributed by atoms with E-state index < -0.39 is 0 Å². The Morgan fingerprint density at radius 1 is 1.50 bits per heavy atom. The molecule has 1 amide bonds. The number of ether oxygens (including phenoxy) is 1. The lowest BCUT2D eigenvalue weighted by molar-refractivity contribution is -0.117. The summed E-state index contributed by atoms with van der Waals surface area (Å²) in [5.74, 6) is 0.425. The third kappa shape index (κ3) is 6.26. The van der Waals surface area contributed by atoms with E-state index in [9.17, 15) is 4.79 Å². The third-order valence-electron chi connectivity index (χ3n) is 2.92. The molecule has 0 saturated carbocycles. The summed E-state index contributed by atoms with van der Waals surface area (Å²) in [7, 11) is 0. The van der Waals surface area contributed by atoms with E-state index in [4.69, 9.17) is 22.1 Å². The van der Waals surface area contributed by atoms with Gasteiger partial charge >= 0.3 is 0 Å². The van der Waals surface area contributed by atoms with Gasteiger partial charge < -0.3 is 15.8 Å². The molecule has 0 heterocycles. The van der Waals surface area contributed by atoms with Crippen molar-refractivity contribution in [3.63, 3.8) is 0 Å².